The summed E-state index contributed by atoms with van der Waals surface area (Å²) in [6.45, 7) is 3.92. The van der Waals surface area contributed by atoms with Gasteiger partial charge in [-0.3, -0.25) is 19.4 Å². The number of ether oxygens (including phenoxy) is 2. The highest BCUT2D eigenvalue weighted by Gasteiger charge is 2.49. The van der Waals surface area contributed by atoms with Crippen LogP contribution in [0.25, 0.3) is 0 Å². The van der Waals surface area contributed by atoms with Crippen LogP contribution in [-0.2, 0) is 47.3 Å². The number of carbonyl (C=O) groups excluding carboxylic acids is 2. The Labute approximate surface area is 362 Å². The minimum Gasteiger partial charge on any atom is -0.756 e. The molecule has 2 rings (SSSR count). The number of nitrogens with zero attached hydrogens (tertiary/aromatic N) is 1. The highest BCUT2D eigenvalue weighted by Crippen LogP contribution is 2.45. The minimum atomic E-state index is -4.68. The van der Waals surface area contributed by atoms with E-state index in [1.165, 1.54) is 38.5 Å². The van der Waals surface area contributed by atoms with Crippen molar-refractivity contribution in [3.63, 3.8) is 0 Å². The molecule has 1 saturated heterocycles. The van der Waals surface area contributed by atoms with Crippen molar-refractivity contribution < 1.29 is 62.0 Å². The van der Waals surface area contributed by atoms with Gasteiger partial charge >= 0.3 is 11.9 Å². The Morgan fingerprint density at radius 1 is 0.767 bits per heavy atom. The van der Waals surface area contributed by atoms with Gasteiger partial charge in [-0.15, -0.1) is 0 Å². The third-order valence-corrected chi connectivity index (χ3v) is 12.0. The molecule has 1 aliphatic carbocycles. The number of esters is 2. The number of likely N-dealkylation sites (N-methyl/N-ethyl adjacent to an activating group) is 1. The first-order chi connectivity index (χ1) is 28.9. The van der Waals surface area contributed by atoms with Crippen molar-refractivity contribution in [3.8, 4) is 0 Å². The fourth-order valence-corrected chi connectivity index (χ4v) is 8.11. The van der Waals surface area contributed by atoms with Crippen molar-refractivity contribution in [2.24, 2.45) is 11.8 Å². The lowest BCUT2D eigenvalue weighted by atomic mass is 9.89. The molecule has 2 aliphatic rings. The van der Waals surface area contributed by atoms with Gasteiger partial charge in [-0.1, -0.05) is 121 Å². The van der Waals surface area contributed by atoms with Gasteiger partial charge in [0.15, 0.2) is 6.10 Å². The predicted octanol–water partition coefficient (Wildman–Crippen LogP) is 10.1. The van der Waals surface area contributed by atoms with Gasteiger partial charge < -0.3 is 27.9 Å². The third-order valence-electron chi connectivity index (χ3n) is 11.1. The second-order valence-electron chi connectivity index (χ2n) is 17.6. The molecule has 7 atom stereocenters. The number of hydrogen-bond acceptors (Lipinski definition) is 12. The van der Waals surface area contributed by atoms with Crippen LogP contribution in [0.2, 0.25) is 0 Å². The fourth-order valence-electron chi connectivity index (χ4n) is 7.38. The topological polar surface area (TPSA) is 159 Å². The molecule has 1 aliphatic heterocycles. The highest BCUT2D eigenvalue weighted by atomic mass is 31.2. The van der Waals surface area contributed by atoms with Crippen molar-refractivity contribution in [1.82, 2.24) is 0 Å². The molecule has 7 unspecified atom stereocenters. The monoisotopic (exact) mass is 872 g/mol. The molecule has 2 fully saturated rings. The van der Waals surface area contributed by atoms with Crippen molar-refractivity contribution in [1.29, 1.82) is 0 Å². The number of allylic oxidation sites excluding steroid dienone is 4. The Kier molecular flexibility index (Phi) is 29.5. The first-order valence-corrected chi connectivity index (χ1v) is 24.7. The van der Waals surface area contributed by atoms with Gasteiger partial charge in [0.2, 0.25) is 0 Å². The molecule has 0 spiro atoms. The Morgan fingerprint density at radius 3 is 2.05 bits per heavy atom. The van der Waals surface area contributed by atoms with E-state index in [9.17, 15) is 24.3 Å². The van der Waals surface area contributed by atoms with Gasteiger partial charge in [0.05, 0.1) is 33.9 Å². The maximum Gasteiger partial charge on any atom is 0.306 e. The number of phosphoric acid groups is 1. The fraction of sp³-hybridized carbons (Fsp3) is 0.826. The first kappa shape index (κ1) is 54.2. The number of quaternary nitrogens is 1. The van der Waals surface area contributed by atoms with E-state index >= 15 is 0 Å². The summed E-state index contributed by atoms with van der Waals surface area (Å²) in [6, 6.07) is 0. The van der Waals surface area contributed by atoms with E-state index in [2.05, 4.69) is 38.2 Å². The summed E-state index contributed by atoms with van der Waals surface area (Å²) in [7, 11) is 1.05. The highest BCUT2D eigenvalue weighted by molar-refractivity contribution is 7.45. The second-order valence-corrected chi connectivity index (χ2v) is 19.0. The summed E-state index contributed by atoms with van der Waals surface area (Å²) in [5.74, 6) is -0.595. The molecule has 13 nitrogen and oxygen atoms in total. The zero-order valence-electron chi connectivity index (χ0n) is 37.9. The van der Waals surface area contributed by atoms with Crippen LogP contribution in [0.15, 0.2) is 36.5 Å². The summed E-state index contributed by atoms with van der Waals surface area (Å²) in [5.41, 5.74) is 0. The van der Waals surface area contributed by atoms with E-state index < -0.39 is 32.5 Å². The van der Waals surface area contributed by atoms with E-state index in [4.69, 9.17) is 33.2 Å². The van der Waals surface area contributed by atoms with E-state index in [-0.39, 0.29) is 56.2 Å². The second kappa shape index (κ2) is 32.7. The number of unbranched alkanes of at least 4 members (excludes halogenated alkanes) is 14. The zero-order valence-corrected chi connectivity index (χ0v) is 38.7. The lowest BCUT2D eigenvalue weighted by molar-refractivity contribution is -0.870. The Bertz CT molecular complexity index is 1270. The van der Waals surface area contributed by atoms with Crippen LogP contribution < -0.4 is 4.89 Å². The standard InChI is InChI=1S/C46H82NO12P/c1-6-8-10-11-12-13-14-15-16-17-18-19-20-21-26-30-45(48)53-37-40(38-55-60(51,52)54-35-34-47(3,4)5)56-46(49)31-27-23-22-25-29-41-42(44-36-43(41)58-59-44)33-32-39(57-50)28-24-9-7-2/h15-16,22,25,32-33,39-44H,6-14,17-21,23-24,26-31,34-38H2,1-5H3,(H-,50,51,52)/b16-15-,25-22-,33-32+. The number of phosphoric ester groups is 1. The van der Waals surface area contributed by atoms with Crippen molar-refractivity contribution in [2.45, 2.75) is 186 Å². The summed E-state index contributed by atoms with van der Waals surface area (Å²) in [5, 5.41) is 9.36. The summed E-state index contributed by atoms with van der Waals surface area (Å²) in [4.78, 5) is 53.6. The Balaban J connectivity index is 1.74. The average molecular weight is 872 g/mol. The molecule has 1 heterocycles. The number of hydrogen-bond donors (Lipinski definition) is 1. The zero-order chi connectivity index (χ0) is 43.9. The van der Waals surface area contributed by atoms with E-state index in [1.807, 2.05) is 33.3 Å². The average Bonchev–Trinajstić information content (AvgIpc) is 3.82. The number of carbonyl (C=O) groups is 2. The molecule has 0 aromatic carbocycles. The molecule has 1 N–H and O–H groups in total. The molecule has 348 valence electrons. The van der Waals surface area contributed by atoms with Crippen LogP contribution in [0.3, 0.4) is 0 Å². The van der Waals surface area contributed by atoms with E-state index in [1.54, 1.807) is 0 Å². The number of rotatable bonds is 38. The summed E-state index contributed by atoms with van der Waals surface area (Å²) < 4.78 is 34.0. The molecule has 0 amide bonds. The lowest BCUT2D eigenvalue weighted by Crippen LogP contribution is -2.37. The molecule has 14 heteroatoms. The van der Waals surface area contributed by atoms with Crippen LogP contribution in [-0.4, -0.2) is 93.6 Å². The van der Waals surface area contributed by atoms with Gasteiger partial charge in [0.1, 0.15) is 32.0 Å². The van der Waals surface area contributed by atoms with Crippen LogP contribution in [0.4, 0.5) is 0 Å². The Hall–Kier alpha value is -1.93. The van der Waals surface area contributed by atoms with E-state index in [0.717, 1.165) is 77.0 Å². The van der Waals surface area contributed by atoms with Gasteiger partial charge in [-0.2, -0.15) is 0 Å². The van der Waals surface area contributed by atoms with Crippen LogP contribution >= 0.6 is 7.82 Å². The van der Waals surface area contributed by atoms with Gasteiger partial charge in [-0.05, 0) is 57.8 Å². The smallest absolute Gasteiger partial charge is 0.306 e. The van der Waals surface area contributed by atoms with E-state index in [0.29, 0.717) is 30.3 Å². The molecule has 0 aromatic heterocycles. The van der Waals surface area contributed by atoms with Gasteiger partial charge in [0, 0.05) is 31.1 Å². The largest absolute Gasteiger partial charge is 0.756 e. The summed E-state index contributed by atoms with van der Waals surface area (Å²) >= 11 is 0. The normalized spacial score (nSPS) is 21.3. The van der Waals surface area contributed by atoms with Gasteiger partial charge in [-0.25, -0.2) is 14.7 Å². The minimum absolute atomic E-state index is 0.000488. The molecule has 0 aromatic rings. The van der Waals surface area contributed by atoms with Crippen LogP contribution in [0.5, 0.6) is 0 Å². The van der Waals surface area contributed by atoms with Crippen molar-refractivity contribution in [2.75, 3.05) is 47.5 Å². The number of fused-ring (bicyclic) bond motifs is 2. The maximum absolute atomic E-state index is 12.8. The first-order valence-electron chi connectivity index (χ1n) is 23.2. The summed E-state index contributed by atoms with van der Waals surface area (Å²) in [6.07, 6.45) is 33.3. The molecular formula is C46H82NO12P. The van der Waals surface area contributed by atoms with Crippen molar-refractivity contribution in [3.05, 3.63) is 36.5 Å². The van der Waals surface area contributed by atoms with Crippen molar-refractivity contribution >= 4 is 19.8 Å². The molecule has 60 heavy (non-hydrogen) atoms. The van der Waals surface area contributed by atoms with Crippen LogP contribution in [0.1, 0.15) is 162 Å². The van der Waals surface area contributed by atoms with Crippen LogP contribution in [0, 0.1) is 11.8 Å². The third kappa shape index (κ3) is 26.5. The molecule has 2 bridgehead atoms. The Morgan fingerprint density at radius 2 is 1.37 bits per heavy atom. The molecule has 1 saturated carbocycles. The quantitative estimate of drug-likeness (QED) is 0.0119. The SMILES string of the molecule is CCCCCCCC/C=C\CCCCCCCC(=O)OCC(COP(=O)([O-])OCC[N+](C)(C)C)OC(=O)CCC/C=C\CC1C2CC(OO2)C1/C=C/C(CCCCC)OO. The molecular weight excluding hydrogens is 789 g/mol. The lowest BCUT2D eigenvalue weighted by Gasteiger charge is -2.28. The predicted molar refractivity (Wildman–Crippen MR) is 232 cm³/mol. The maximum atomic E-state index is 12.8. The van der Waals surface area contributed by atoms with Gasteiger partial charge in [0.25, 0.3) is 7.82 Å². The molecule has 0 radical (unpaired) electrons.